The Bertz CT molecular complexity index is 1550. The van der Waals surface area contributed by atoms with Gasteiger partial charge in [0.15, 0.2) is 0 Å². The van der Waals surface area contributed by atoms with Crippen LogP contribution >= 0.6 is 0 Å². The fourth-order valence-electron chi connectivity index (χ4n) is 5.32. The largest absolute Gasteiger partial charge is 0.444 e. The molecule has 0 fully saturated rings. The van der Waals surface area contributed by atoms with Crippen molar-refractivity contribution in [2.45, 2.75) is 39.5 Å². The van der Waals surface area contributed by atoms with Crippen LogP contribution in [0, 0.1) is 0 Å². The van der Waals surface area contributed by atoms with Crippen LogP contribution in [0.2, 0.25) is 0 Å². The van der Waals surface area contributed by atoms with Crippen molar-refractivity contribution in [3.8, 4) is 34.0 Å². The van der Waals surface area contributed by atoms with Crippen LogP contribution in [0.5, 0.6) is 0 Å². The number of oxazole rings is 2. The molecule has 0 aliphatic carbocycles. The SMILES string of the molecule is CC(C)c1cc2ccccc2c(-c2c(-c3ncco3)c(C(C)C)cc3ccccc23)c1-c1ncco1. The van der Waals surface area contributed by atoms with E-state index in [1.165, 1.54) is 21.9 Å². The minimum atomic E-state index is 0.264. The van der Waals surface area contributed by atoms with E-state index in [4.69, 9.17) is 8.83 Å². The molecule has 6 aromatic rings. The lowest BCUT2D eigenvalue weighted by atomic mass is 9.80. The number of rotatable bonds is 5. The summed E-state index contributed by atoms with van der Waals surface area (Å²) in [5.41, 5.74) is 6.64. The molecule has 0 atom stereocenters. The van der Waals surface area contributed by atoms with E-state index in [2.05, 4.69) is 98.3 Å². The van der Waals surface area contributed by atoms with Crippen LogP contribution in [-0.2, 0) is 0 Å². The van der Waals surface area contributed by atoms with Crippen LogP contribution in [0.1, 0.15) is 50.7 Å². The van der Waals surface area contributed by atoms with E-state index in [0.29, 0.717) is 11.8 Å². The van der Waals surface area contributed by atoms with Gasteiger partial charge in [-0.1, -0.05) is 88.4 Å². The van der Waals surface area contributed by atoms with Crippen molar-refractivity contribution in [3.63, 3.8) is 0 Å². The van der Waals surface area contributed by atoms with Gasteiger partial charge in [0.05, 0.1) is 12.4 Å². The molecule has 0 bridgehead atoms. The number of benzene rings is 4. The Morgan fingerprint density at radius 2 is 0.972 bits per heavy atom. The third kappa shape index (κ3) is 3.53. The molecule has 0 saturated heterocycles. The molecular formula is C32H28N2O2. The third-order valence-corrected chi connectivity index (χ3v) is 6.95. The maximum absolute atomic E-state index is 5.99. The first-order valence-electron chi connectivity index (χ1n) is 12.5. The van der Waals surface area contributed by atoms with E-state index < -0.39 is 0 Å². The van der Waals surface area contributed by atoms with Gasteiger partial charge in [0.25, 0.3) is 0 Å². The maximum Gasteiger partial charge on any atom is 0.226 e. The van der Waals surface area contributed by atoms with Crippen LogP contribution in [0.3, 0.4) is 0 Å². The number of nitrogens with zero attached hydrogens (tertiary/aromatic N) is 2. The standard InChI is InChI=1S/C32H28N2O2/c1-19(2)25-17-21-9-5-7-11-23(21)27(29(25)31-33-13-15-35-31)28-24-12-8-6-10-22(24)18-26(20(3)4)30(28)32-34-14-16-36-32/h5-20H,1-4H3. The van der Waals surface area contributed by atoms with Crippen LogP contribution < -0.4 is 0 Å². The van der Waals surface area contributed by atoms with E-state index in [1.54, 1.807) is 24.9 Å². The Morgan fingerprint density at radius 3 is 1.33 bits per heavy atom. The molecule has 0 aliphatic heterocycles. The van der Waals surface area contributed by atoms with E-state index in [-0.39, 0.29) is 11.8 Å². The molecule has 2 aromatic heterocycles. The molecule has 4 heteroatoms. The molecule has 4 nitrogen and oxygen atoms in total. The highest BCUT2D eigenvalue weighted by atomic mass is 16.3. The van der Waals surface area contributed by atoms with Crippen molar-refractivity contribution in [3.05, 3.63) is 96.7 Å². The normalized spacial score (nSPS) is 11.8. The Kier molecular flexibility index (Phi) is 5.45. The summed E-state index contributed by atoms with van der Waals surface area (Å²) in [5, 5.41) is 4.66. The molecule has 4 aromatic carbocycles. The monoisotopic (exact) mass is 472 g/mol. The average molecular weight is 473 g/mol. The van der Waals surface area contributed by atoms with Crippen molar-refractivity contribution in [2.24, 2.45) is 0 Å². The zero-order valence-corrected chi connectivity index (χ0v) is 20.9. The molecule has 2 heterocycles. The first-order chi connectivity index (χ1) is 17.5. The van der Waals surface area contributed by atoms with Crippen LogP contribution in [0.15, 0.2) is 94.4 Å². The highest BCUT2D eigenvalue weighted by Gasteiger charge is 2.28. The zero-order chi connectivity index (χ0) is 24.8. The van der Waals surface area contributed by atoms with E-state index >= 15 is 0 Å². The van der Waals surface area contributed by atoms with Crippen LogP contribution in [0.25, 0.3) is 55.6 Å². The molecule has 36 heavy (non-hydrogen) atoms. The highest BCUT2D eigenvalue weighted by molar-refractivity contribution is 6.15. The van der Waals surface area contributed by atoms with E-state index in [0.717, 1.165) is 33.0 Å². The minimum absolute atomic E-state index is 0.264. The van der Waals surface area contributed by atoms with Crippen molar-refractivity contribution in [2.75, 3.05) is 0 Å². The van der Waals surface area contributed by atoms with Gasteiger partial charge in [-0.25, -0.2) is 9.97 Å². The van der Waals surface area contributed by atoms with Crippen molar-refractivity contribution >= 4 is 21.5 Å². The fraction of sp³-hybridized carbons (Fsp3) is 0.188. The highest BCUT2D eigenvalue weighted by Crippen LogP contribution is 2.50. The maximum atomic E-state index is 5.99. The number of hydrogen-bond donors (Lipinski definition) is 0. The predicted octanol–water partition coefficient (Wildman–Crippen LogP) is 9.22. The third-order valence-electron chi connectivity index (χ3n) is 6.95. The summed E-state index contributed by atoms with van der Waals surface area (Å²) in [6.45, 7) is 8.88. The minimum Gasteiger partial charge on any atom is -0.444 e. The molecule has 178 valence electrons. The Morgan fingerprint density at radius 1 is 0.556 bits per heavy atom. The van der Waals surface area contributed by atoms with Crippen molar-refractivity contribution in [1.82, 2.24) is 9.97 Å². The predicted molar refractivity (Wildman–Crippen MR) is 146 cm³/mol. The van der Waals surface area contributed by atoms with Gasteiger partial charge in [-0.2, -0.15) is 0 Å². The van der Waals surface area contributed by atoms with Gasteiger partial charge in [0, 0.05) is 22.3 Å². The Hall–Kier alpha value is -4.18. The van der Waals surface area contributed by atoms with Gasteiger partial charge >= 0.3 is 0 Å². The van der Waals surface area contributed by atoms with Crippen LogP contribution in [0.4, 0.5) is 0 Å². The molecule has 0 radical (unpaired) electrons. The molecule has 0 aliphatic rings. The second-order valence-corrected chi connectivity index (χ2v) is 9.86. The number of fused-ring (bicyclic) bond motifs is 2. The first-order valence-corrected chi connectivity index (χ1v) is 12.5. The smallest absolute Gasteiger partial charge is 0.226 e. The second kappa shape index (κ2) is 8.80. The van der Waals surface area contributed by atoms with Gasteiger partial charge in [0.1, 0.15) is 12.5 Å². The van der Waals surface area contributed by atoms with Gasteiger partial charge in [0.2, 0.25) is 11.8 Å². The molecule has 0 unspecified atom stereocenters. The van der Waals surface area contributed by atoms with E-state index in [1.807, 2.05) is 0 Å². The van der Waals surface area contributed by atoms with Gasteiger partial charge in [-0.3, -0.25) is 0 Å². The summed E-state index contributed by atoms with van der Waals surface area (Å²) in [7, 11) is 0. The molecule has 0 N–H and O–H groups in total. The Labute approximate surface area is 210 Å². The number of aromatic nitrogens is 2. The zero-order valence-electron chi connectivity index (χ0n) is 20.9. The lowest BCUT2D eigenvalue weighted by Crippen LogP contribution is -2.02. The molecule has 6 rings (SSSR count). The van der Waals surface area contributed by atoms with Crippen molar-refractivity contribution in [1.29, 1.82) is 0 Å². The molecule has 0 amide bonds. The summed E-state index contributed by atoms with van der Waals surface area (Å²) in [6.07, 6.45) is 6.73. The molecular weight excluding hydrogens is 444 g/mol. The molecule has 0 spiro atoms. The second-order valence-electron chi connectivity index (χ2n) is 9.86. The quantitative estimate of drug-likeness (QED) is 0.251. The van der Waals surface area contributed by atoms with Crippen molar-refractivity contribution < 1.29 is 8.83 Å². The van der Waals surface area contributed by atoms with Gasteiger partial charge < -0.3 is 8.83 Å². The molecule has 0 saturated carbocycles. The summed E-state index contributed by atoms with van der Waals surface area (Å²) in [4.78, 5) is 9.29. The summed E-state index contributed by atoms with van der Waals surface area (Å²) in [6, 6.07) is 21.7. The first kappa shape index (κ1) is 22.3. The van der Waals surface area contributed by atoms with Gasteiger partial charge in [-0.05, 0) is 44.5 Å². The summed E-state index contributed by atoms with van der Waals surface area (Å²) < 4.78 is 12.0. The lowest BCUT2D eigenvalue weighted by Gasteiger charge is -2.24. The summed E-state index contributed by atoms with van der Waals surface area (Å²) >= 11 is 0. The summed E-state index contributed by atoms with van der Waals surface area (Å²) in [5.74, 6) is 1.77. The topological polar surface area (TPSA) is 52.1 Å². The van der Waals surface area contributed by atoms with Crippen LogP contribution in [-0.4, -0.2) is 9.97 Å². The van der Waals surface area contributed by atoms with E-state index in [9.17, 15) is 0 Å². The number of hydrogen-bond acceptors (Lipinski definition) is 4. The Balaban J connectivity index is 1.92. The average Bonchev–Trinajstić information content (AvgIpc) is 3.61. The fourth-order valence-corrected chi connectivity index (χ4v) is 5.32. The lowest BCUT2D eigenvalue weighted by molar-refractivity contribution is 0.572. The van der Waals surface area contributed by atoms with Gasteiger partial charge in [-0.15, -0.1) is 0 Å².